The minimum atomic E-state index is -0.360. The molecule has 1 atom stereocenters. The van der Waals surface area contributed by atoms with Crippen molar-refractivity contribution in [3.05, 3.63) is 108 Å². The molecule has 0 aromatic heterocycles. The Morgan fingerprint density at radius 2 is 1.76 bits per heavy atom. The number of allylic oxidation sites excluding steroid dienone is 1. The van der Waals surface area contributed by atoms with E-state index in [9.17, 15) is 9.18 Å². The zero-order valence-electron chi connectivity index (χ0n) is 21.1. The molecule has 38 heavy (non-hydrogen) atoms. The first-order valence-electron chi connectivity index (χ1n) is 12.6. The van der Waals surface area contributed by atoms with E-state index in [0.717, 1.165) is 52.3 Å². The molecule has 1 aliphatic heterocycles. The summed E-state index contributed by atoms with van der Waals surface area (Å²) in [5, 5.41) is 6.04. The second-order valence-corrected chi connectivity index (χ2v) is 13.2. The van der Waals surface area contributed by atoms with E-state index in [2.05, 4.69) is 101 Å². The van der Waals surface area contributed by atoms with Crippen LogP contribution in [0.5, 0.6) is 5.75 Å². The molecule has 0 saturated heterocycles. The number of Topliss-reactive ketones (excluding diaryl/α,β-unsaturated/α-hetero) is 1. The van der Waals surface area contributed by atoms with Crippen molar-refractivity contribution in [2.75, 3.05) is 5.32 Å². The standard InChI is InChI=1S/C32H26FI2NO2/c1-32(2)15-23-28-21-9-5-3-7-18(21)11-12-26(28)36-30(29(23)27(37)16-32)22-13-20(34)14-25(35)31(22)38-17-19-8-4-6-10-24(19)33/h3-14,30,36H,15-17H2,1-2H3/t30-/m0/s1. The van der Waals surface area contributed by atoms with Crippen molar-refractivity contribution in [2.45, 2.75) is 39.3 Å². The van der Waals surface area contributed by atoms with E-state index < -0.39 is 0 Å². The molecule has 1 N–H and O–H groups in total. The van der Waals surface area contributed by atoms with Crippen molar-refractivity contribution in [3.63, 3.8) is 0 Å². The fourth-order valence-corrected chi connectivity index (χ4v) is 7.83. The summed E-state index contributed by atoms with van der Waals surface area (Å²) in [6, 6.07) is 23.1. The van der Waals surface area contributed by atoms with Crippen LogP contribution in [0.25, 0.3) is 16.3 Å². The lowest BCUT2D eigenvalue weighted by Gasteiger charge is -2.40. The molecule has 2 aliphatic rings. The molecule has 0 fully saturated rings. The highest BCUT2D eigenvalue weighted by atomic mass is 127. The predicted molar refractivity (Wildman–Crippen MR) is 168 cm³/mol. The number of carbonyl (C=O) groups excluding carboxylic acids is 1. The van der Waals surface area contributed by atoms with Crippen LogP contribution in [0.1, 0.15) is 49.4 Å². The van der Waals surface area contributed by atoms with Gasteiger partial charge in [-0.1, -0.05) is 62.4 Å². The highest BCUT2D eigenvalue weighted by molar-refractivity contribution is 14.1. The number of halogens is 3. The van der Waals surface area contributed by atoms with E-state index in [1.54, 1.807) is 12.1 Å². The number of hydrogen-bond donors (Lipinski definition) is 1. The first-order chi connectivity index (χ1) is 18.2. The molecule has 4 aromatic rings. The summed E-state index contributed by atoms with van der Waals surface area (Å²) in [5.41, 5.74) is 5.36. The lowest BCUT2D eigenvalue weighted by Crippen LogP contribution is -2.33. The van der Waals surface area contributed by atoms with Crippen LogP contribution in [0.2, 0.25) is 0 Å². The Bertz CT molecular complexity index is 1640. The largest absolute Gasteiger partial charge is 0.487 e. The lowest BCUT2D eigenvalue weighted by atomic mass is 9.68. The number of rotatable bonds is 4. The lowest BCUT2D eigenvalue weighted by molar-refractivity contribution is -0.118. The third kappa shape index (κ3) is 4.63. The first kappa shape index (κ1) is 25.8. The van der Waals surface area contributed by atoms with Gasteiger partial charge in [0.05, 0.1) is 9.61 Å². The van der Waals surface area contributed by atoms with Crippen LogP contribution in [0.4, 0.5) is 10.1 Å². The average molecular weight is 729 g/mol. The maximum atomic E-state index is 14.4. The highest BCUT2D eigenvalue weighted by Gasteiger charge is 2.41. The highest BCUT2D eigenvalue weighted by Crippen LogP contribution is 2.53. The number of fused-ring (bicyclic) bond motifs is 4. The van der Waals surface area contributed by atoms with Crippen molar-refractivity contribution in [3.8, 4) is 5.75 Å². The maximum Gasteiger partial charge on any atom is 0.162 e. The van der Waals surface area contributed by atoms with Gasteiger partial charge in [-0.25, -0.2) is 4.39 Å². The molecular weight excluding hydrogens is 703 g/mol. The van der Waals surface area contributed by atoms with E-state index in [1.807, 2.05) is 18.2 Å². The quantitative estimate of drug-likeness (QED) is 0.213. The molecule has 0 saturated carbocycles. The van der Waals surface area contributed by atoms with Gasteiger partial charge in [-0.3, -0.25) is 4.79 Å². The SMILES string of the molecule is CC1(C)CC(=O)C2=C(C1)c1c(ccc3ccccc13)N[C@H]2c1cc(I)cc(I)c1OCc1ccccc1F. The summed E-state index contributed by atoms with van der Waals surface area (Å²) >= 11 is 4.59. The molecule has 3 nitrogen and oxygen atoms in total. The van der Waals surface area contributed by atoms with Crippen molar-refractivity contribution in [1.82, 2.24) is 0 Å². The van der Waals surface area contributed by atoms with E-state index >= 15 is 0 Å². The Morgan fingerprint density at radius 1 is 1.00 bits per heavy atom. The van der Waals surface area contributed by atoms with E-state index in [1.165, 1.54) is 6.07 Å². The van der Waals surface area contributed by atoms with Crippen LogP contribution >= 0.6 is 45.2 Å². The molecule has 0 radical (unpaired) electrons. The average Bonchev–Trinajstić information content (AvgIpc) is 2.87. The Labute approximate surface area is 249 Å². The van der Waals surface area contributed by atoms with Gasteiger partial charge in [0.1, 0.15) is 18.2 Å². The second kappa shape index (κ2) is 9.93. The molecular formula is C32H26FI2NO2. The molecule has 4 aromatic carbocycles. The molecule has 6 rings (SSSR count). The zero-order valence-corrected chi connectivity index (χ0v) is 25.4. The number of ketones is 1. The summed E-state index contributed by atoms with van der Waals surface area (Å²) in [4.78, 5) is 13.9. The summed E-state index contributed by atoms with van der Waals surface area (Å²) in [6.07, 6.45) is 1.32. The summed E-state index contributed by atoms with van der Waals surface area (Å²) in [5.74, 6) is 0.558. The minimum absolute atomic E-state index is 0.108. The third-order valence-corrected chi connectivity index (χ3v) is 8.84. The van der Waals surface area contributed by atoms with Gasteiger partial charge in [-0.15, -0.1) is 0 Å². The van der Waals surface area contributed by atoms with Crippen molar-refractivity contribution < 1.29 is 13.9 Å². The Kier molecular flexibility index (Phi) is 6.74. The third-order valence-electron chi connectivity index (χ3n) is 7.42. The van der Waals surface area contributed by atoms with Gasteiger partial charge in [0.15, 0.2) is 5.78 Å². The molecule has 1 aliphatic carbocycles. The van der Waals surface area contributed by atoms with Crippen LogP contribution < -0.4 is 10.1 Å². The van der Waals surface area contributed by atoms with Crippen LogP contribution in [0.15, 0.2) is 78.4 Å². The Morgan fingerprint density at radius 3 is 2.58 bits per heavy atom. The van der Waals surface area contributed by atoms with Gasteiger partial charge in [0.2, 0.25) is 0 Å². The minimum Gasteiger partial charge on any atom is -0.487 e. The summed E-state index contributed by atoms with van der Waals surface area (Å²) in [6.45, 7) is 4.46. The Hall–Kier alpha value is -2.46. The number of anilines is 1. The summed E-state index contributed by atoms with van der Waals surface area (Å²) in [7, 11) is 0. The number of ether oxygens (including phenoxy) is 1. The van der Waals surface area contributed by atoms with Crippen LogP contribution in [0.3, 0.4) is 0 Å². The number of carbonyl (C=O) groups is 1. The van der Waals surface area contributed by atoms with E-state index in [-0.39, 0.29) is 29.7 Å². The fraction of sp³-hybridized carbons (Fsp3) is 0.219. The predicted octanol–water partition coefficient (Wildman–Crippen LogP) is 9.08. The molecule has 192 valence electrons. The van der Waals surface area contributed by atoms with Crippen LogP contribution in [-0.2, 0) is 11.4 Å². The monoisotopic (exact) mass is 729 g/mol. The molecule has 0 unspecified atom stereocenters. The van der Waals surface area contributed by atoms with E-state index in [0.29, 0.717) is 17.7 Å². The molecule has 0 bridgehead atoms. The topological polar surface area (TPSA) is 38.3 Å². The van der Waals surface area contributed by atoms with Crippen molar-refractivity contribution >= 4 is 73.0 Å². The molecule has 6 heteroatoms. The first-order valence-corrected chi connectivity index (χ1v) is 14.8. The number of nitrogens with one attached hydrogen (secondary N) is 1. The smallest absolute Gasteiger partial charge is 0.162 e. The molecule has 1 heterocycles. The molecule has 0 amide bonds. The van der Waals surface area contributed by atoms with Gasteiger partial charge in [-0.2, -0.15) is 0 Å². The van der Waals surface area contributed by atoms with Gasteiger partial charge in [-0.05, 0) is 97.6 Å². The van der Waals surface area contributed by atoms with Crippen molar-refractivity contribution in [1.29, 1.82) is 0 Å². The van der Waals surface area contributed by atoms with Crippen LogP contribution in [-0.4, -0.2) is 5.78 Å². The van der Waals surface area contributed by atoms with Gasteiger partial charge < -0.3 is 10.1 Å². The zero-order chi connectivity index (χ0) is 26.6. The van der Waals surface area contributed by atoms with Gasteiger partial charge >= 0.3 is 0 Å². The molecule has 0 spiro atoms. The van der Waals surface area contributed by atoms with Crippen molar-refractivity contribution in [2.24, 2.45) is 5.41 Å². The van der Waals surface area contributed by atoms with Gasteiger partial charge in [0, 0.05) is 37.9 Å². The Balaban J connectivity index is 1.53. The van der Waals surface area contributed by atoms with Crippen LogP contribution in [0, 0.1) is 18.4 Å². The fourth-order valence-electron chi connectivity index (χ4n) is 5.78. The van der Waals surface area contributed by atoms with Gasteiger partial charge in [0.25, 0.3) is 0 Å². The number of hydrogen-bond acceptors (Lipinski definition) is 3. The van der Waals surface area contributed by atoms with E-state index in [4.69, 9.17) is 4.74 Å². The number of benzene rings is 4. The summed E-state index contributed by atoms with van der Waals surface area (Å²) < 4.78 is 22.7. The maximum absolute atomic E-state index is 14.4. The second-order valence-electron chi connectivity index (χ2n) is 10.8. The normalized spacial score (nSPS) is 18.1.